The van der Waals surface area contributed by atoms with Crippen molar-refractivity contribution in [3.8, 4) is 5.75 Å². The maximum atomic E-state index is 12.8. The van der Waals surface area contributed by atoms with Crippen LogP contribution in [0, 0.1) is 6.92 Å². The van der Waals surface area contributed by atoms with Gasteiger partial charge in [-0.3, -0.25) is 9.10 Å². The average Bonchev–Trinajstić information content (AvgIpc) is 2.70. The molecule has 1 amide bonds. The lowest BCUT2D eigenvalue weighted by molar-refractivity contribution is -0.121. The van der Waals surface area contributed by atoms with Crippen LogP contribution in [-0.4, -0.2) is 40.3 Å². The standard InChI is InChI=1S/C24H34N2O4S/c1-17(2)21-12-10-20(11-13-21)8-7-15-25-24(27)19(4)26(31(6,28)29)22-16-18(3)9-14-23(22)30-5/h9-14,16-17,19H,7-8,15H2,1-6H3,(H,25,27)/t19-/m1/s1. The summed E-state index contributed by atoms with van der Waals surface area (Å²) in [6.07, 6.45) is 2.71. The number of nitrogens with one attached hydrogen (secondary N) is 1. The van der Waals surface area contributed by atoms with Crippen molar-refractivity contribution >= 4 is 21.6 Å². The third kappa shape index (κ3) is 6.72. The van der Waals surface area contributed by atoms with Crippen LogP contribution >= 0.6 is 0 Å². The van der Waals surface area contributed by atoms with Crippen LogP contribution in [0.4, 0.5) is 5.69 Å². The Bertz CT molecular complexity index is 985. The molecule has 0 aliphatic carbocycles. The van der Waals surface area contributed by atoms with Gasteiger partial charge in [0.25, 0.3) is 0 Å². The molecule has 0 aromatic heterocycles. The summed E-state index contributed by atoms with van der Waals surface area (Å²) in [5.41, 5.74) is 3.76. The van der Waals surface area contributed by atoms with Gasteiger partial charge in [0, 0.05) is 6.54 Å². The van der Waals surface area contributed by atoms with Gasteiger partial charge in [-0.05, 0) is 61.4 Å². The molecular weight excluding hydrogens is 412 g/mol. The fourth-order valence-corrected chi connectivity index (χ4v) is 4.64. The molecule has 0 radical (unpaired) electrons. The minimum Gasteiger partial charge on any atom is -0.495 e. The molecule has 0 aliphatic rings. The Morgan fingerprint density at radius 2 is 1.74 bits per heavy atom. The van der Waals surface area contributed by atoms with Crippen LogP contribution in [0.1, 0.15) is 49.8 Å². The summed E-state index contributed by atoms with van der Waals surface area (Å²) in [4.78, 5) is 12.8. The summed E-state index contributed by atoms with van der Waals surface area (Å²) in [6.45, 7) is 8.25. The smallest absolute Gasteiger partial charge is 0.243 e. The number of hydrogen-bond acceptors (Lipinski definition) is 4. The van der Waals surface area contributed by atoms with Gasteiger partial charge < -0.3 is 10.1 Å². The van der Waals surface area contributed by atoms with Crippen molar-refractivity contribution in [3.63, 3.8) is 0 Å². The van der Waals surface area contributed by atoms with Gasteiger partial charge in [0.05, 0.1) is 19.1 Å². The zero-order valence-corrected chi connectivity index (χ0v) is 20.1. The van der Waals surface area contributed by atoms with E-state index in [2.05, 4.69) is 43.4 Å². The van der Waals surface area contributed by atoms with Gasteiger partial charge in [0.2, 0.25) is 15.9 Å². The number of methoxy groups -OCH3 is 1. The molecule has 0 bridgehead atoms. The van der Waals surface area contributed by atoms with Crippen molar-refractivity contribution in [1.82, 2.24) is 5.32 Å². The molecular formula is C24H34N2O4S. The topological polar surface area (TPSA) is 75.7 Å². The van der Waals surface area contributed by atoms with E-state index in [1.54, 1.807) is 19.1 Å². The minimum absolute atomic E-state index is 0.343. The predicted octanol–water partition coefficient (Wildman–Crippen LogP) is 4.03. The molecule has 0 heterocycles. The summed E-state index contributed by atoms with van der Waals surface area (Å²) in [5, 5.41) is 2.87. The van der Waals surface area contributed by atoms with E-state index in [9.17, 15) is 13.2 Å². The highest BCUT2D eigenvalue weighted by molar-refractivity contribution is 7.92. The molecule has 6 nitrogen and oxygen atoms in total. The molecule has 0 fully saturated rings. The molecule has 0 aliphatic heterocycles. The first-order valence-electron chi connectivity index (χ1n) is 10.5. The number of amides is 1. The fourth-order valence-electron chi connectivity index (χ4n) is 3.47. The maximum Gasteiger partial charge on any atom is 0.243 e. The molecule has 0 unspecified atom stereocenters. The minimum atomic E-state index is -3.70. The van der Waals surface area contributed by atoms with Gasteiger partial charge in [-0.1, -0.05) is 44.2 Å². The van der Waals surface area contributed by atoms with Crippen LogP contribution in [0.2, 0.25) is 0 Å². The van der Waals surface area contributed by atoms with E-state index in [1.807, 2.05) is 13.0 Å². The molecule has 1 atom stereocenters. The molecule has 31 heavy (non-hydrogen) atoms. The number of anilines is 1. The first kappa shape index (κ1) is 24.7. The number of carbonyl (C=O) groups excluding carboxylic acids is 1. The first-order valence-corrected chi connectivity index (χ1v) is 12.4. The van der Waals surface area contributed by atoms with E-state index in [0.717, 1.165) is 29.0 Å². The van der Waals surface area contributed by atoms with E-state index in [-0.39, 0.29) is 5.91 Å². The Kier molecular flexibility index (Phi) is 8.51. The molecule has 170 valence electrons. The Morgan fingerprint density at radius 3 is 2.29 bits per heavy atom. The highest BCUT2D eigenvalue weighted by Gasteiger charge is 2.31. The van der Waals surface area contributed by atoms with Gasteiger partial charge in [0.15, 0.2) is 0 Å². The number of benzene rings is 2. The highest BCUT2D eigenvalue weighted by atomic mass is 32.2. The van der Waals surface area contributed by atoms with Gasteiger partial charge in [-0.25, -0.2) is 8.42 Å². The van der Waals surface area contributed by atoms with Crippen molar-refractivity contribution in [2.24, 2.45) is 0 Å². The molecule has 7 heteroatoms. The number of ether oxygens (including phenoxy) is 1. The van der Waals surface area contributed by atoms with E-state index in [4.69, 9.17) is 4.74 Å². The SMILES string of the molecule is COc1ccc(C)cc1N([C@H](C)C(=O)NCCCc1ccc(C(C)C)cc1)S(C)(=O)=O. The Morgan fingerprint density at radius 1 is 1.10 bits per heavy atom. The van der Waals surface area contributed by atoms with Crippen LogP contribution in [0.25, 0.3) is 0 Å². The van der Waals surface area contributed by atoms with E-state index in [0.29, 0.717) is 23.9 Å². The molecule has 0 saturated heterocycles. The summed E-state index contributed by atoms with van der Waals surface area (Å²) in [5.74, 6) is 0.560. The lowest BCUT2D eigenvalue weighted by atomic mass is 10.0. The second-order valence-electron chi connectivity index (χ2n) is 8.20. The average molecular weight is 447 g/mol. The second-order valence-corrected chi connectivity index (χ2v) is 10.1. The monoisotopic (exact) mass is 446 g/mol. The van der Waals surface area contributed by atoms with Gasteiger partial charge in [-0.15, -0.1) is 0 Å². The molecule has 0 spiro atoms. The fraction of sp³-hybridized carbons (Fsp3) is 0.458. The van der Waals surface area contributed by atoms with Crippen molar-refractivity contribution in [3.05, 3.63) is 59.2 Å². The van der Waals surface area contributed by atoms with Crippen molar-refractivity contribution in [1.29, 1.82) is 0 Å². The Labute approximate surface area is 186 Å². The number of nitrogens with zero attached hydrogens (tertiary/aromatic N) is 1. The molecule has 0 saturated carbocycles. The number of sulfonamides is 1. The largest absolute Gasteiger partial charge is 0.495 e. The van der Waals surface area contributed by atoms with Crippen LogP contribution in [0.15, 0.2) is 42.5 Å². The van der Waals surface area contributed by atoms with E-state index < -0.39 is 16.1 Å². The van der Waals surface area contributed by atoms with Crippen LogP contribution in [0.3, 0.4) is 0 Å². The maximum absolute atomic E-state index is 12.8. The zero-order valence-electron chi connectivity index (χ0n) is 19.3. The Hall–Kier alpha value is -2.54. The first-order chi connectivity index (χ1) is 14.5. The summed E-state index contributed by atoms with van der Waals surface area (Å²) in [6, 6.07) is 12.9. The van der Waals surface area contributed by atoms with Gasteiger partial charge in [-0.2, -0.15) is 0 Å². The van der Waals surface area contributed by atoms with E-state index >= 15 is 0 Å². The molecule has 1 N–H and O–H groups in total. The van der Waals surface area contributed by atoms with Crippen molar-refractivity contribution in [2.75, 3.05) is 24.2 Å². The number of aryl methyl sites for hydroxylation is 2. The molecule has 2 rings (SSSR count). The number of carbonyl (C=O) groups is 1. The van der Waals surface area contributed by atoms with Crippen LogP contribution in [-0.2, 0) is 21.2 Å². The normalized spacial score (nSPS) is 12.5. The lowest BCUT2D eigenvalue weighted by Gasteiger charge is -2.29. The number of hydrogen-bond donors (Lipinski definition) is 1. The van der Waals surface area contributed by atoms with E-state index in [1.165, 1.54) is 18.2 Å². The highest BCUT2D eigenvalue weighted by Crippen LogP contribution is 2.32. The summed E-state index contributed by atoms with van der Waals surface area (Å²) in [7, 11) is -2.22. The summed E-state index contributed by atoms with van der Waals surface area (Å²) >= 11 is 0. The van der Waals surface area contributed by atoms with Gasteiger partial charge in [0.1, 0.15) is 11.8 Å². The third-order valence-electron chi connectivity index (χ3n) is 5.25. The second kappa shape index (κ2) is 10.7. The molecule has 2 aromatic rings. The van der Waals surface area contributed by atoms with Crippen LogP contribution in [0.5, 0.6) is 5.75 Å². The van der Waals surface area contributed by atoms with Gasteiger partial charge >= 0.3 is 0 Å². The van der Waals surface area contributed by atoms with Crippen molar-refractivity contribution in [2.45, 2.75) is 52.5 Å². The third-order valence-corrected chi connectivity index (χ3v) is 6.48. The predicted molar refractivity (Wildman–Crippen MR) is 126 cm³/mol. The Balaban J connectivity index is 2.03. The van der Waals surface area contributed by atoms with Crippen LogP contribution < -0.4 is 14.4 Å². The quantitative estimate of drug-likeness (QED) is 0.559. The lowest BCUT2D eigenvalue weighted by Crippen LogP contribution is -2.48. The molecule has 2 aromatic carbocycles. The zero-order chi connectivity index (χ0) is 23.2. The summed E-state index contributed by atoms with van der Waals surface area (Å²) < 4.78 is 31.5. The van der Waals surface area contributed by atoms with Crippen molar-refractivity contribution < 1.29 is 17.9 Å². The number of rotatable bonds is 10.